The molecule has 0 unspecified atom stereocenters. The quantitative estimate of drug-likeness (QED) is 0.554. The number of nitrogens with zero attached hydrogens (tertiary/aromatic N) is 1. The van der Waals surface area contributed by atoms with Crippen molar-refractivity contribution in [1.82, 2.24) is 9.88 Å². The predicted octanol–water partition coefficient (Wildman–Crippen LogP) is 4.73. The Hall–Kier alpha value is -3.03. The van der Waals surface area contributed by atoms with Crippen molar-refractivity contribution in [2.75, 3.05) is 7.11 Å². The van der Waals surface area contributed by atoms with Gasteiger partial charge in [0, 0.05) is 23.5 Å². The van der Waals surface area contributed by atoms with Crippen LogP contribution in [0.15, 0.2) is 24.4 Å². The number of methoxy groups -OCH3 is 1. The topological polar surface area (TPSA) is 97.9 Å². The summed E-state index contributed by atoms with van der Waals surface area (Å²) >= 11 is 0. The SMILES string of the molecule is COC(=O)[C@H](Cc1c[nH]c2ccc(C)cc12)N(C(=O)OC(C)(C)C)C(=O)OC(C)(C)C. The fourth-order valence-electron chi connectivity index (χ4n) is 3.04. The smallest absolute Gasteiger partial charge is 0.420 e. The van der Waals surface area contributed by atoms with E-state index >= 15 is 0 Å². The lowest BCUT2D eigenvalue weighted by Gasteiger charge is -2.32. The van der Waals surface area contributed by atoms with Gasteiger partial charge in [0.15, 0.2) is 0 Å². The molecule has 0 radical (unpaired) electrons. The van der Waals surface area contributed by atoms with Crippen LogP contribution >= 0.6 is 0 Å². The van der Waals surface area contributed by atoms with Crippen molar-refractivity contribution in [2.45, 2.75) is 72.1 Å². The first kappa shape index (κ1) is 24.2. The summed E-state index contributed by atoms with van der Waals surface area (Å²) in [4.78, 5) is 42.5. The number of imide groups is 1. The van der Waals surface area contributed by atoms with E-state index in [1.54, 1.807) is 47.7 Å². The Morgan fingerprint density at radius 3 is 2.03 bits per heavy atom. The van der Waals surface area contributed by atoms with E-state index in [0.29, 0.717) is 4.90 Å². The van der Waals surface area contributed by atoms with E-state index in [4.69, 9.17) is 14.2 Å². The second-order valence-corrected chi connectivity index (χ2v) is 9.44. The van der Waals surface area contributed by atoms with E-state index < -0.39 is 35.4 Å². The summed E-state index contributed by atoms with van der Waals surface area (Å²) in [6, 6.07) is 4.60. The lowest BCUT2D eigenvalue weighted by molar-refractivity contribution is -0.146. The van der Waals surface area contributed by atoms with E-state index in [0.717, 1.165) is 22.0 Å². The number of hydrogen-bond donors (Lipinski definition) is 1. The lowest BCUT2D eigenvalue weighted by atomic mass is 10.0. The first-order valence-corrected chi connectivity index (χ1v) is 10.1. The highest BCUT2D eigenvalue weighted by Crippen LogP contribution is 2.25. The van der Waals surface area contributed by atoms with E-state index in [1.165, 1.54) is 7.11 Å². The van der Waals surface area contributed by atoms with Gasteiger partial charge in [-0.2, -0.15) is 4.90 Å². The van der Waals surface area contributed by atoms with Gasteiger partial charge in [-0.05, 0) is 66.2 Å². The molecule has 31 heavy (non-hydrogen) atoms. The van der Waals surface area contributed by atoms with Crippen LogP contribution in [0.25, 0.3) is 10.9 Å². The minimum absolute atomic E-state index is 0.0363. The van der Waals surface area contributed by atoms with Crippen LogP contribution < -0.4 is 0 Å². The van der Waals surface area contributed by atoms with Gasteiger partial charge in [0.1, 0.15) is 17.2 Å². The molecule has 1 N–H and O–H groups in total. The molecule has 170 valence electrons. The van der Waals surface area contributed by atoms with Gasteiger partial charge in [-0.15, -0.1) is 0 Å². The number of H-pyrrole nitrogens is 1. The van der Waals surface area contributed by atoms with Crippen LogP contribution in [0, 0.1) is 6.92 Å². The number of aromatic amines is 1. The average molecular weight is 433 g/mol. The first-order chi connectivity index (χ1) is 14.2. The molecule has 1 aromatic carbocycles. The standard InChI is InChI=1S/C23H32N2O6/c1-14-9-10-17-16(11-14)15(13-24-17)12-18(19(26)29-8)25(20(27)30-22(2,3)4)21(28)31-23(5,6)7/h9-11,13,18,24H,12H2,1-8H3/t18-/m0/s1. The van der Waals surface area contributed by atoms with Crippen LogP contribution in [0.2, 0.25) is 0 Å². The fourth-order valence-corrected chi connectivity index (χ4v) is 3.04. The Labute approximate surface area is 182 Å². The van der Waals surface area contributed by atoms with Crippen molar-refractivity contribution in [3.63, 3.8) is 0 Å². The fraction of sp³-hybridized carbons (Fsp3) is 0.522. The molecule has 0 aliphatic carbocycles. The number of esters is 1. The maximum Gasteiger partial charge on any atom is 0.420 e. The van der Waals surface area contributed by atoms with Gasteiger partial charge >= 0.3 is 18.2 Å². The summed E-state index contributed by atoms with van der Waals surface area (Å²) in [6.07, 6.45) is -0.168. The summed E-state index contributed by atoms with van der Waals surface area (Å²) in [6.45, 7) is 12.0. The highest BCUT2D eigenvalue weighted by molar-refractivity contribution is 5.95. The Bertz CT molecular complexity index is 937. The van der Waals surface area contributed by atoms with E-state index in [-0.39, 0.29) is 6.42 Å². The minimum Gasteiger partial charge on any atom is -0.467 e. The number of benzene rings is 1. The molecule has 0 spiro atoms. The minimum atomic E-state index is -1.27. The molecule has 1 heterocycles. The van der Waals surface area contributed by atoms with Crippen LogP contribution in [-0.4, -0.2) is 52.4 Å². The summed E-state index contributed by atoms with van der Waals surface area (Å²) in [5.41, 5.74) is 0.918. The molecule has 2 amide bonds. The van der Waals surface area contributed by atoms with Crippen molar-refractivity contribution < 1.29 is 28.6 Å². The summed E-state index contributed by atoms with van der Waals surface area (Å²) in [5.74, 6) is -0.751. The zero-order valence-corrected chi connectivity index (χ0v) is 19.5. The number of rotatable bonds is 4. The van der Waals surface area contributed by atoms with Gasteiger partial charge < -0.3 is 19.2 Å². The number of ether oxygens (including phenoxy) is 3. The largest absolute Gasteiger partial charge is 0.467 e. The maximum atomic E-state index is 13.0. The Balaban J connectivity index is 2.51. The highest BCUT2D eigenvalue weighted by atomic mass is 16.6. The maximum absolute atomic E-state index is 13.0. The third-order valence-electron chi connectivity index (χ3n) is 4.30. The van der Waals surface area contributed by atoms with Gasteiger partial charge in [-0.3, -0.25) is 0 Å². The van der Waals surface area contributed by atoms with Gasteiger partial charge in [0.2, 0.25) is 0 Å². The molecule has 0 saturated heterocycles. The molecule has 0 bridgehead atoms. The number of nitrogens with one attached hydrogen (secondary N) is 1. The Kier molecular flexibility index (Phi) is 7.03. The third kappa shape index (κ3) is 6.47. The number of hydrogen-bond acceptors (Lipinski definition) is 6. The lowest BCUT2D eigenvalue weighted by Crippen LogP contribution is -2.53. The molecular formula is C23H32N2O6. The zero-order valence-electron chi connectivity index (χ0n) is 19.5. The van der Waals surface area contributed by atoms with Crippen molar-refractivity contribution in [2.24, 2.45) is 0 Å². The van der Waals surface area contributed by atoms with Crippen LogP contribution in [0.4, 0.5) is 9.59 Å². The van der Waals surface area contributed by atoms with Crippen molar-refractivity contribution in [3.8, 4) is 0 Å². The van der Waals surface area contributed by atoms with Gasteiger partial charge in [-0.1, -0.05) is 11.6 Å². The van der Waals surface area contributed by atoms with Gasteiger partial charge in [-0.25, -0.2) is 14.4 Å². The van der Waals surface area contributed by atoms with Crippen LogP contribution in [0.3, 0.4) is 0 Å². The zero-order chi connectivity index (χ0) is 23.6. The number of amides is 2. The molecule has 8 heteroatoms. The molecule has 1 aromatic heterocycles. The van der Waals surface area contributed by atoms with Crippen molar-refractivity contribution in [3.05, 3.63) is 35.5 Å². The van der Waals surface area contributed by atoms with Crippen molar-refractivity contribution in [1.29, 1.82) is 0 Å². The summed E-state index contributed by atoms with van der Waals surface area (Å²) in [5, 5.41) is 0.891. The monoisotopic (exact) mass is 432 g/mol. The average Bonchev–Trinajstić information content (AvgIpc) is 2.99. The number of fused-ring (bicyclic) bond motifs is 1. The number of aryl methyl sites for hydroxylation is 1. The molecule has 0 saturated carbocycles. The molecule has 0 fully saturated rings. The molecule has 2 aromatic rings. The van der Waals surface area contributed by atoms with E-state index in [1.807, 2.05) is 25.1 Å². The highest BCUT2D eigenvalue weighted by Gasteiger charge is 2.41. The van der Waals surface area contributed by atoms with Gasteiger partial charge in [0.25, 0.3) is 0 Å². The Morgan fingerprint density at radius 2 is 1.55 bits per heavy atom. The number of carbonyl (C=O) groups excluding carboxylic acids is 3. The number of aromatic nitrogens is 1. The Morgan fingerprint density at radius 1 is 1.00 bits per heavy atom. The van der Waals surface area contributed by atoms with Crippen LogP contribution in [0.1, 0.15) is 52.7 Å². The summed E-state index contributed by atoms with van der Waals surface area (Å²) in [7, 11) is 1.21. The predicted molar refractivity (Wildman–Crippen MR) is 117 cm³/mol. The van der Waals surface area contributed by atoms with E-state index in [9.17, 15) is 14.4 Å². The molecule has 0 aliphatic rings. The second kappa shape index (κ2) is 8.99. The molecule has 8 nitrogen and oxygen atoms in total. The first-order valence-electron chi connectivity index (χ1n) is 10.1. The number of carbonyl (C=O) groups is 3. The molecule has 0 aliphatic heterocycles. The normalized spacial score (nSPS) is 12.9. The van der Waals surface area contributed by atoms with Gasteiger partial charge in [0.05, 0.1) is 7.11 Å². The third-order valence-corrected chi connectivity index (χ3v) is 4.30. The van der Waals surface area contributed by atoms with Crippen LogP contribution in [-0.2, 0) is 25.4 Å². The summed E-state index contributed by atoms with van der Waals surface area (Å²) < 4.78 is 15.7. The molecular weight excluding hydrogens is 400 g/mol. The van der Waals surface area contributed by atoms with E-state index in [2.05, 4.69) is 4.98 Å². The molecule has 2 rings (SSSR count). The second-order valence-electron chi connectivity index (χ2n) is 9.44. The van der Waals surface area contributed by atoms with Crippen molar-refractivity contribution >= 4 is 29.1 Å². The van der Waals surface area contributed by atoms with Crippen LogP contribution in [0.5, 0.6) is 0 Å². The molecule has 1 atom stereocenters.